The van der Waals surface area contributed by atoms with Gasteiger partial charge < -0.3 is 14.7 Å². The van der Waals surface area contributed by atoms with Gasteiger partial charge in [0.25, 0.3) is 11.8 Å². The van der Waals surface area contributed by atoms with E-state index in [2.05, 4.69) is 10.5 Å². The molecule has 1 fully saturated rings. The van der Waals surface area contributed by atoms with E-state index in [1.807, 2.05) is 66.4 Å². The normalized spacial score (nSPS) is 14.6. The van der Waals surface area contributed by atoms with E-state index in [9.17, 15) is 9.59 Å². The number of benzene rings is 2. The van der Waals surface area contributed by atoms with E-state index in [1.165, 1.54) is 0 Å². The molecule has 3 aromatic rings. The van der Waals surface area contributed by atoms with Gasteiger partial charge in [-0.3, -0.25) is 9.59 Å². The van der Waals surface area contributed by atoms with Crippen LogP contribution in [0.25, 0.3) is 11.3 Å². The van der Waals surface area contributed by atoms with Crippen molar-refractivity contribution in [3.05, 3.63) is 77.6 Å². The monoisotopic (exact) mass is 389 g/mol. The lowest BCUT2D eigenvalue weighted by Gasteiger charge is -2.32. The van der Waals surface area contributed by atoms with Gasteiger partial charge in [-0.2, -0.15) is 0 Å². The van der Waals surface area contributed by atoms with Gasteiger partial charge in [0.15, 0.2) is 0 Å². The van der Waals surface area contributed by atoms with Crippen molar-refractivity contribution >= 4 is 11.8 Å². The number of hydrogen-bond acceptors (Lipinski definition) is 4. The third-order valence-electron chi connectivity index (χ3n) is 5.22. The molecule has 0 atom stereocenters. The van der Waals surface area contributed by atoms with Crippen LogP contribution in [0.3, 0.4) is 0 Å². The van der Waals surface area contributed by atoms with Gasteiger partial charge in [0.2, 0.25) is 5.76 Å². The standard InChI is InChI=1S/C23H23N3O3/c1-16-7-9-18(10-8-16)23(28)26-13-11-19(12-14-26)24-22(27)21-15-20(25-29-21)17-5-3-2-4-6-17/h2-10,15,19H,11-14H2,1H3,(H,24,27). The second-order valence-corrected chi connectivity index (χ2v) is 7.35. The molecule has 0 spiro atoms. The van der Waals surface area contributed by atoms with Crippen molar-refractivity contribution in [1.29, 1.82) is 0 Å². The zero-order valence-corrected chi connectivity index (χ0v) is 16.3. The molecule has 6 heteroatoms. The third-order valence-corrected chi connectivity index (χ3v) is 5.22. The van der Waals surface area contributed by atoms with Crippen LogP contribution in [0.15, 0.2) is 65.2 Å². The number of rotatable bonds is 4. The van der Waals surface area contributed by atoms with Crippen molar-refractivity contribution in [1.82, 2.24) is 15.4 Å². The molecule has 1 N–H and O–H groups in total. The van der Waals surface area contributed by atoms with Crippen LogP contribution in [0.2, 0.25) is 0 Å². The minimum Gasteiger partial charge on any atom is -0.350 e. The molecule has 2 amide bonds. The van der Waals surface area contributed by atoms with E-state index in [0.29, 0.717) is 37.2 Å². The number of carbonyl (C=O) groups excluding carboxylic acids is 2. The maximum Gasteiger partial charge on any atom is 0.290 e. The maximum atomic E-state index is 12.6. The van der Waals surface area contributed by atoms with Crippen LogP contribution in [-0.4, -0.2) is 41.0 Å². The highest BCUT2D eigenvalue weighted by atomic mass is 16.5. The molecule has 0 aliphatic carbocycles. The Morgan fingerprint density at radius 2 is 1.72 bits per heavy atom. The number of carbonyl (C=O) groups is 2. The zero-order chi connectivity index (χ0) is 20.2. The van der Waals surface area contributed by atoms with Gasteiger partial charge >= 0.3 is 0 Å². The predicted octanol–water partition coefficient (Wildman–Crippen LogP) is 3.68. The van der Waals surface area contributed by atoms with Crippen LogP contribution in [0.4, 0.5) is 0 Å². The summed E-state index contributed by atoms with van der Waals surface area (Å²) in [6.45, 7) is 3.23. The minimum absolute atomic E-state index is 0.00911. The average molecular weight is 389 g/mol. The smallest absolute Gasteiger partial charge is 0.290 e. The highest BCUT2D eigenvalue weighted by Crippen LogP contribution is 2.19. The van der Waals surface area contributed by atoms with Gasteiger partial charge in [-0.15, -0.1) is 0 Å². The topological polar surface area (TPSA) is 75.4 Å². The molecule has 2 aromatic carbocycles. The van der Waals surface area contributed by atoms with Gasteiger partial charge in [0, 0.05) is 36.3 Å². The quantitative estimate of drug-likeness (QED) is 0.738. The summed E-state index contributed by atoms with van der Waals surface area (Å²) in [4.78, 5) is 27.0. The first kappa shape index (κ1) is 18.9. The predicted molar refractivity (Wildman–Crippen MR) is 110 cm³/mol. The summed E-state index contributed by atoms with van der Waals surface area (Å²) in [5.41, 5.74) is 3.37. The molecule has 0 saturated carbocycles. The molecule has 1 saturated heterocycles. The highest BCUT2D eigenvalue weighted by molar-refractivity contribution is 5.94. The van der Waals surface area contributed by atoms with E-state index in [-0.39, 0.29) is 23.6 Å². The third kappa shape index (κ3) is 4.37. The Hall–Kier alpha value is -3.41. The molecule has 2 heterocycles. The fourth-order valence-electron chi connectivity index (χ4n) is 3.49. The lowest BCUT2D eigenvalue weighted by molar-refractivity contribution is 0.0695. The Morgan fingerprint density at radius 1 is 1.03 bits per heavy atom. The summed E-state index contributed by atoms with van der Waals surface area (Å²) in [6, 6.07) is 18.9. The van der Waals surface area contributed by atoms with Crippen molar-refractivity contribution in [3.63, 3.8) is 0 Å². The summed E-state index contributed by atoms with van der Waals surface area (Å²) in [5.74, 6) is -0.0393. The van der Waals surface area contributed by atoms with Gasteiger partial charge in [0.1, 0.15) is 5.69 Å². The molecule has 148 valence electrons. The first-order valence-electron chi connectivity index (χ1n) is 9.79. The molecule has 0 unspecified atom stereocenters. The van der Waals surface area contributed by atoms with E-state index >= 15 is 0 Å². The Labute approximate surface area is 169 Å². The van der Waals surface area contributed by atoms with E-state index in [4.69, 9.17) is 4.52 Å². The minimum atomic E-state index is -0.275. The van der Waals surface area contributed by atoms with Crippen molar-refractivity contribution in [3.8, 4) is 11.3 Å². The summed E-state index contributed by atoms with van der Waals surface area (Å²) in [5, 5.41) is 6.98. The number of aromatic nitrogens is 1. The van der Waals surface area contributed by atoms with Crippen molar-refractivity contribution in [2.24, 2.45) is 0 Å². The fourth-order valence-corrected chi connectivity index (χ4v) is 3.49. The fraction of sp³-hybridized carbons (Fsp3) is 0.261. The number of hydrogen-bond donors (Lipinski definition) is 1. The van der Waals surface area contributed by atoms with E-state index in [0.717, 1.165) is 11.1 Å². The van der Waals surface area contributed by atoms with Crippen LogP contribution in [-0.2, 0) is 0 Å². The first-order valence-corrected chi connectivity index (χ1v) is 9.79. The summed E-state index contributed by atoms with van der Waals surface area (Å²) in [7, 11) is 0. The molecule has 1 aliphatic heterocycles. The van der Waals surface area contributed by atoms with Crippen LogP contribution in [0.1, 0.15) is 39.3 Å². The number of amides is 2. The lowest BCUT2D eigenvalue weighted by atomic mass is 10.0. The van der Waals surface area contributed by atoms with Crippen molar-refractivity contribution in [2.75, 3.05) is 13.1 Å². The Bertz CT molecular complexity index is 988. The van der Waals surface area contributed by atoms with Crippen LogP contribution in [0, 0.1) is 6.92 Å². The van der Waals surface area contributed by atoms with Gasteiger partial charge in [-0.05, 0) is 31.9 Å². The molecular weight excluding hydrogens is 366 g/mol. The van der Waals surface area contributed by atoms with E-state index < -0.39 is 0 Å². The lowest BCUT2D eigenvalue weighted by Crippen LogP contribution is -2.46. The summed E-state index contributed by atoms with van der Waals surface area (Å²) >= 11 is 0. The number of piperidine rings is 1. The largest absolute Gasteiger partial charge is 0.350 e. The molecule has 29 heavy (non-hydrogen) atoms. The molecule has 0 bridgehead atoms. The number of likely N-dealkylation sites (tertiary alicyclic amines) is 1. The van der Waals surface area contributed by atoms with Crippen LogP contribution < -0.4 is 5.32 Å². The first-order chi connectivity index (χ1) is 14.1. The Balaban J connectivity index is 1.31. The van der Waals surface area contributed by atoms with E-state index in [1.54, 1.807) is 6.07 Å². The van der Waals surface area contributed by atoms with Gasteiger partial charge in [-0.1, -0.05) is 53.2 Å². The average Bonchev–Trinajstić information content (AvgIpc) is 3.26. The second kappa shape index (κ2) is 8.31. The van der Waals surface area contributed by atoms with Crippen molar-refractivity contribution in [2.45, 2.75) is 25.8 Å². The SMILES string of the molecule is Cc1ccc(C(=O)N2CCC(NC(=O)c3cc(-c4ccccc4)no3)CC2)cc1. The van der Waals surface area contributed by atoms with Crippen LogP contribution in [0.5, 0.6) is 0 Å². The van der Waals surface area contributed by atoms with Gasteiger partial charge in [0.05, 0.1) is 0 Å². The molecule has 1 aliphatic rings. The second-order valence-electron chi connectivity index (χ2n) is 7.35. The Kier molecular flexibility index (Phi) is 5.42. The molecule has 4 rings (SSSR count). The maximum absolute atomic E-state index is 12.6. The van der Waals surface area contributed by atoms with Crippen LogP contribution >= 0.6 is 0 Å². The highest BCUT2D eigenvalue weighted by Gasteiger charge is 2.26. The summed E-state index contributed by atoms with van der Waals surface area (Å²) < 4.78 is 5.22. The van der Waals surface area contributed by atoms with Crippen molar-refractivity contribution < 1.29 is 14.1 Å². The number of nitrogens with zero attached hydrogens (tertiary/aromatic N) is 2. The number of nitrogens with one attached hydrogen (secondary N) is 1. The number of aryl methyl sites for hydroxylation is 1. The molecule has 1 aromatic heterocycles. The molecule has 0 radical (unpaired) electrons. The Morgan fingerprint density at radius 3 is 2.41 bits per heavy atom. The van der Waals surface area contributed by atoms with Gasteiger partial charge in [-0.25, -0.2) is 0 Å². The molecular formula is C23H23N3O3. The summed E-state index contributed by atoms with van der Waals surface area (Å²) in [6.07, 6.45) is 1.42. The molecule has 6 nitrogen and oxygen atoms in total. The zero-order valence-electron chi connectivity index (χ0n) is 16.3.